The van der Waals surface area contributed by atoms with Crippen LogP contribution in [0.4, 0.5) is 0 Å². The molecule has 4 heteroatoms. The average Bonchev–Trinajstić information content (AvgIpc) is 3.41. The Bertz CT molecular complexity index is 2200. The number of hydrogen-bond acceptors (Lipinski definition) is 4. The molecule has 0 amide bonds. The number of fused-ring (bicyclic) bond motifs is 4. The molecule has 0 saturated carbocycles. The third kappa shape index (κ3) is 4.14. The van der Waals surface area contributed by atoms with Crippen LogP contribution in [-0.2, 0) is 0 Å². The molecule has 0 atom stereocenters. The van der Waals surface area contributed by atoms with Crippen LogP contribution in [0.25, 0.3) is 78.0 Å². The lowest BCUT2D eigenvalue weighted by molar-refractivity contribution is 0.669. The summed E-state index contributed by atoms with van der Waals surface area (Å²) in [4.78, 5) is 15.0. The zero-order valence-corrected chi connectivity index (χ0v) is 22.0. The lowest BCUT2D eigenvalue weighted by Gasteiger charge is -2.12. The minimum Gasteiger partial charge on any atom is -0.456 e. The number of hydrogen-bond donors (Lipinski definition) is 0. The van der Waals surface area contributed by atoms with Crippen LogP contribution in [0.3, 0.4) is 0 Å². The third-order valence-corrected chi connectivity index (χ3v) is 7.52. The van der Waals surface area contributed by atoms with E-state index < -0.39 is 0 Å². The van der Waals surface area contributed by atoms with Crippen LogP contribution in [0.5, 0.6) is 0 Å². The zero-order valence-electron chi connectivity index (χ0n) is 22.0. The van der Waals surface area contributed by atoms with Crippen molar-refractivity contribution >= 4 is 32.7 Å². The number of aromatic nitrogens is 3. The van der Waals surface area contributed by atoms with Crippen LogP contribution in [0.2, 0.25) is 0 Å². The summed E-state index contributed by atoms with van der Waals surface area (Å²) in [6.07, 6.45) is 0. The molecule has 0 spiro atoms. The summed E-state index contributed by atoms with van der Waals surface area (Å²) in [6.45, 7) is 0. The maximum absolute atomic E-state index is 6.25. The van der Waals surface area contributed by atoms with E-state index in [1.807, 2.05) is 78.9 Å². The molecule has 2 aromatic heterocycles. The molecule has 0 N–H and O–H groups in total. The van der Waals surface area contributed by atoms with E-state index >= 15 is 0 Å². The van der Waals surface area contributed by atoms with Crippen molar-refractivity contribution in [1.29, 1.82) is 0 Å². The maximum atomic E-state index is 6.25. The van der Waals surface area contributed by atoms with Crippen LogP contribution < -0.4 is 0 Å². The first-order chi connectivity index (χ1) is 20.3. The molecule has 0 bridgehead atoms. The summed E-state index contributed by atoms with van der Waals surface area (Å²) in [5.74, 6) is 1.89. The molecule has 192 valence electrons. The lowest BCUT2D eigenvalue weighted by atomic mass is 9.99. The van der Waals surface area contributed by atoms with E-state index in [0.29, 0.717) is 17.5 Å². The van der Waals surface area contributed by atoms with Gasteiger partial charge in [-0.3, -0.25) is 0 Å². The van der Waals surface area contributed by atoms with E-state index in [1.165, 1.54) is 5.39 Å². The fourth-order valence-corrected chi connectivity index (χ4v) is 5.49. The van der Waals surface area contributed by atoms with Crippen molar-refractivity contribution in [2.45, 2.75) is 0 Å². The molecule has 0 unspecified atom stereocenters. The van der Waals surface area contributed by atoms with E-state index in [9.17, 15) is 0 Å². The predicted octanol–water partition coefficient (Wildman–Crippen LogP) is 9.59. The Kier molecular flexibility index (Phi) is 5.42. The van der Waals surface area contributed by atoms with Gasteiger partial charge in [-0.1, -0.05) is 109 Å². The van der Waals surface area contributed by atoms with Gasteiger partial charge in [0.15, 0.2) is 17.5 Å². The highest BCUT2D eigenvalue weighted by Gasteiger charge is 2.17. The topological polar surface area (TPSA) is 51.8 Å². The second kappa shape index (κ2) is 9.54. The number of nitrogens with zero attached hydrogens (tertiary/aromatic N) is 3. The summed E-state index contributed by atoms with van der Waals surface area (Å²) in [5, 5.41) is 4.45. The first kappa shape index (κ1) is 23.3. The fourth-order valence-electron chi connectivity index (χ4n) is 5.49. The first-order valence-electron chi connectivity index (χ1n) is 13.6. The quantitative estimate of drug-likeness (QED) is 0.230. The lowest BCUT2D eigenvalue weighted by Crippen LogP contribution is -2.01. The molecular formula is C37H23N3O. The summed E-state index contributed by atoms with van der Waals surface area (Å²) in [5.41, 5.74) is 6.71. The molecule has 41 heavy (non-hydrogen) atoms. The molecule has 4 nitrogen and oxygen atoms in total. The highest BCUT2D eigenvalue weighted by molar-refractivity contribution is 6.10. The second-order valence-corrected chi connectivity index (χ2v) is 10.1. The van der Waals surface area contributed by atoms with Gasteiger partial charge in [-0.25, -0.2) is 15.0 Å². The highest BCUT2D eigenvalue weighted by Crippen LogP contribution is 2.36. The van der Waals surface area contributed by atoms with E-state index in [-0.39, 0.29) is 0 Å². The van der Waals surface area contributed by atoms with Crippen LogP contribution in [0.1, 0.15) is 0 Å². The van der Waals surface area contributed by atoms with Gasteiger partial charge in [-0.15, -0.1) is 0 Å². The van der Waals surface area contributed by atoms with E-state index in [1.54, 1.807) is 0 Å². The first-order valence-corrected chi connectivity index (χ1v) is 13.6. The molecule has 6 aromatic carbocycles. The molecule has 0 radical (unpaired) electrons. The normalized spacial score (nSPS) is 11.4. The molecule has 0 fully saturated rings. The zero-order chi connectivity index (χ0) is 27.2. The largest absolute Gasteiger partial charge is 0.456 e. The number of benzene rings is 6. The van der Waals surface area contributed by atoms with Crippen molar-refractivity contribution < 1.29 is 4.42 Å². The average molecular weight is 526 g/mol. The van der Waals surface area contributed by atoms with Crippen molar-refractivity contribution in [3.05, 3.63) is 140 Å². The summed E-state index contributed by atoms with van der Waals surface area (Å²) < 4.78 is 6.25. The number of rotatable bonds is 4. The van der Waals surface area contributed by atoms with Gasteiger partial charge in [0.1, 0.15) is 11.2 Å². The van der Waals surface area contributed by atoms with Crippen LogP contribution in [0, 0.1) is 0 Å². The van der Waals surface area contributed by atoms with Crippen molar-refractivity contribution in [1.82, 2.24) is 15.0 Å². The monoisotopic (exact) mass is 525 g/mol. The molecule has 0 saturated heterocycles. The molecule has 0 aliphatic rings. The standard InChI is InChI=1S/C37H23N3O/c1-3-11-24(12-4-1)29-17-9-10-18-30(29)37-39-35(25-13-5-2-6-14-25)38-36(40-37)28-19-20-33-31(22-28)32-21-26-15-7-8-16-27(26)23-34(32)41-33/h1-23H. The smallest absolute Gasteiger partial charge is 0.164 e. The van der Waals surface area contributed by atoms with Crippen molar-refractivity contribution in [2.24, 2.45) is 0 Å². The van der Waals surface area contributed by atoms with E-state index in [4.69, 9.17) is 19.4 Å². The van der Waals surface area contributed by atoms with Gasteiger partial charge in [0.25, 0.3) is 0 Å². The Labute approximate surface area is 236 Å². The van der Waals surface area contributed by atoms with Gasteiger partial charge in [0, 0.05) is 27.5 Å². The predicted molar refractivity (Wildman–Crippen MR) is 166 cm³/mol. The summed E-state index contributed by atoms with van der Waals surface area (Å²) in [7, 11) is 0. The van der Waals surface area contributed by atoms with Gasteiger partial charge >= 0.3 is 0 Å². The van der Waals surface area contributed by atoms with Gasteiger partial charge in [0.05, 0.1) is 0 Å². The molecule has 8 rings (SSSR count). The Morgan fingerprint density at radius 3 is 1.68 bits per heavy atom. The molecule has 0 aliphatic heterocycles. The molecule has 0 aliphatic carbocycles. The van der Waals surface area contributed by atoms with Gasteiger partial charge < -0.3 is 4.42 Å². The van der Waals surface area contributed by atoms with Crippen molar-refractivity contribution in [2.75, 3.05) is 0 Å². The minimum absolute atomic E-state index is 0.619. The summed E-state index contributed by atoms with van der Waals surface area (Å²) >= 11 is 0. The highest BCUT2D eigenvalue weighted by atomic mass is 16.3. The Morgan fingerprint density at radius 2 is 0.927 bits per heavy atom. The maximum Gasteiger partial charge on any atom is 0.164 e. The molecular weight excluding hydrogens is 502 g/mol. The van der Waals surface area contributed by atoms with Crippen LogP contribution in [-0.4, -0.2) is 15.0 Å². The Balaban J connectivity index is 1.35. The summed E-state index contributed by atoms with van der Waals surface area (Å²) in [6, 6.07) is 47.5. The third-order valence-electron chi connectivity index (χ3n) is 7.52. The van der Waals surface area contributed by atoms with Crippen molar-refractivity contribution in [3.63, 3.8) is 0 Å². The van der Waals surface area contributed by atoms with Crippen molar-refractivity contribution in [3.8, 4) is 45.3 Å². The second-order valence-electron chi connectivity index (χ2n) is 10.1. The Morgan fingerprint density at radius 1 is 0.366 bits per heavy atom. The molecule has 8 aromatic rings. The number of furan rings is 1. The SMILES string of the molecule is c1ccc(-c2nc(-c3ccc4oc5cc6ccccc6cc5c4c3)nc(-c3ccccc3-c3ccccc3)n2)cc1. The van der Waals surface area contributed by atoms with E-state index in [0.717, 1.165) is 55.1 Å². The van der Waals surface area contributed by atoms with Crippen LogP contribution in [0.15, 0.2) is 144 Å². The van der Waals surface area contributed by atoms with Gasteiger partial charge in [-0.05, 0) is 52.2 Å². The van der Waals surface area contributed by atoms with Gasteiger partial charge in [0.2, 0.25) is 0 Å². The van der Waals surface area contributed by atoms with Crippen LogP contribution >= 0.6 is 0 Å². The minimum atomic E-state index is 0.619. The molecule has 2 heterocycles. The fraction of sp³-hybridized carbons (Fsp3) is 0. The van der Waals surface area contributed by atoms with E-state index in [2.05, 4.69) is 60.7 Å². The Hall–Kier alpha value is -5.61. The van der Waals surface area contributed by atoms with Gasteiger partial charge in [-0.2, -0.15) is 0 Å².